The summed E-state index contributed by atoms with van der Waals surface area (Å²) < 4.78 is 5.22. The van der Waals surface area contributed by atoms with Gasteiger partial charge in [0.25, 0.3) is 0 Å². The second kappa shape index (κ2) is 3.60. The molecule has 1 rings (SSSR count). The molecule has 0 spiro atoms. The molecule has 1 saturated heterocycles. The minimum atomic E-state index is -1.06. The molecule has 14 heavy (non-hydrogen) atoms. The highest BCUT2D eigenvalue weighted by molar-refractivity contribution is 5.80. The summed E-state index contributed by atoms with van der Waals surface area (Å²) in [6, 6.07) is 0. The molecule has 78 valence electrons. The van der Waals surface area contributed by atoms with E-state index in [1.54, 1.807) is 0 Å². The van der Waals surface area contributed by atoms with E-state index in [2.05, 4.69) is 11.2 Å². The van der Waals surface area contributed by atoms with Gasteiger partial charge in [0.2, 0.25) is 0 Å². The summed E-state index contributed by atoms with van der Waals surface area (Å²) >= 11 is 0. The molecule has 1 heterocycles. The molecular formula is C10H15NO3. The first kappa shape index (κ1) is 11.0. The van der Waals surface area contributed by atoms with E-state index < -0.39 is 16.9 Å². The zero-order chi connectivity index (χ0) is 10.8. The maximum Gasteiger partial charge on any atom is 0.327 e. The van der Waals surface area contributed by atoms with Crippen LogP contribution in [0.5, 0.6) is 0 Å². The minimum absolute atomic E-state index is 0.164. The molecule has 1 atom stereocenters. The fourth-order valence-corrected chi connectivity index (χ4v) is 1.70. The van der Waals surface area contributed by atoms with Crippen LogP contribution in [0.4, 0.5) is 0 Å². The molecule has 0 saturated carbocycles. The van der Waals surface area contributed by atoms with Crippen LogP contribution in [-0.4, -0.2) is 36.4 Å². The third-order valence-corrected chi connectivity index (χ3v) is 2.79. The van der Waals surface area contributed by atoms with E-state index in [1.807, 2.05) is 13.8 Å². The van der Waals surface area contributed by atoms with Gasteiger partial charge in [0.1, 0.15) is 5.54 Å². The molecule has 0 aliphatic carbocycles. The molecule has 1 unspecified atom stereocenters. The van der Waals surface area contributed by atoms with E-state index in [4.69, 9.17) is 11.2 Å². The number of carbonyl (C=O) groups is 1. The van der Waals surface area contributed by atoms with Gasteiger partial charge in [-0.05, 0) is 0 Å². The Hall–Kier alpha value is -1.05. The summed E-state index contributed by atoms with van der Waals surface area (Å²) in [5.74, 6) is 1.47. The Morgan fingerprint density at radius 2 is 2.29 bits per heavy atom. The monoisotopic (exact) mass is 197 g/mol. The number of aliphatic carboxylic acids is 1. The topological polar surface area (TPSA) is 58.6 Å². The first-order chi connectivity index (χ1) is 6.46. The van der Waals surface area contributed by atoms with E-state index in [0.717, 1.165) is 0 Å². The molecule has 0 amide bonds. The largest absolute Gasteiger partial charge is 0.480 e. The third kappa shape index (κ3) is 1.49. The summed E-state index contributed by atoms with van der Waals surface area (Å²) in [6.07, 6.45) is 5.11. The Morgan fingerprint density at radius 3 is 2.64 bits per heavy atom. The number of hydrogen-bond acceptors (Lipinski definition) is 3. The summed E-state index contributed by atoms with van der Waals surface area (Å²) in [5.41, 5.74) is -1.50. The summed E-state index contributed by atoms with van der Waals surface area (Å²) in [5, 5.41) is 12.1. The molecular weight excluding hydrogens is 182 g/mol. The number of hydrogen-bond donors (Lipinski definition) is 2. The number of nitrogens with one attached hydrogen (secondary N) is 1. The lowest BCUT2D eigenvalue weighted by Crippen LogP contribution is -2.61. The standard InChI is InChI=1S/C10H15NO3/c1-4-5-11-10(8(12)13)7-14-6-9(10,2)3/h1,11H,5-7H2,2-3H3,(H,12,13). The van der Waals surface area contributed by atoms with Gasteiger partial charge >= 0.3 is 5.97 Å². The molecule has 0 radical (unpaired) electrons. The van der Waals surface area contributed by atoms with Crippen molar-refractivity contribution in [2.24, 2.45) is 5.41 Å². The van der Waals surface area contributed by atoms with Gasteiger partial charge in [0.05, 0.1) is 19.8 Å². The van der Waals surface area contributed by atoms with Gasteiger partial charge in [0, 0.05) is 5.41 Å². The molecule has 1 fully saturated rings. The van der Waals surface area contributed by atoms with Crippen molar-refractivity contribution in [2.75, 3.05) is 19.8 Å². The van der Waals surface area contributed by atoms with Crippen molar-refractivity contribution >= 4 is 5.97 Å². The first-order valence-corrected chi connectivity index (χ1v) is 4.46. The molecule has 4 heteroatoms. The minimum Gasteiger partial charge on any atom is -0.480 e. The van der Waals surface area contributed by atoms with E-state index in [-0.39, 0.29) is 13.2 Å². The van der Waals surface area contributed by atoms with Gasteiger partial charge in [-0.1, -0.05) is 19.8 Å². The van der Waals surface area contributed by atoms with Crippen molar-refractivity contribution in [2.45, 2.75) is 19.4 Å². The van der Waals surface area contributed by atoms with E-state index in [0.29, 0.717) is 6.61 Å². The van der Waals surface area contributed by atoms with Gasteiger partial charge in [-0.3, -0.25) is 10.1 Å². The molecule has 0 bridgehead atoms. The first-order valence-electron chi connectivity index (χ1n) is 4.46. The fourth-order valence-electron chi connectivity index (χ4n) is 1.70. The average Bonchev–Trinajstić information content (AvgIpc) is 2.38. The van der Waals surface area contributed by atoms with Crippen molar-refractivity contribution in [3.8, 4) is 12.3 Å². The van der Waals surface area contributed by atoms with Crippen LogP contribution < -0.4 is 5.32 Å². The van der Waals surface area contributed by atoms with Crippen molar-refractivity contribution in [3.05, 3.63) is 0 Å². The molecule has 0 aromatic heterocycles. The van der Waals surface area contributed by atoms with Gasteiger partial charge in [-0.15, -0.1) is 6.42 Å². The van der Waals surface area contributed by atoms with E-state index >= 15 is 0 Å². The normalized spacial score (nSPS) is 29.8. The molecule has 1 aliphatic heterocycles. The zero-order valence-electron chi connectivity index (χ0n) is 8.46. The summed E-state index contributed by atoms with van der Waals surface area (Å²) in [6.45, 7) is 4.54. The van der Waals surface area contributed by atoms with Crippen molar-refractivity contribution < 1.29 is 14.6 Å². The number of rotatable bonds is 3. The molecule has 0 aromatic carbocycles. The maximum atomic E-state index is 11.2. The Balaban J connectivity index is 2.93. The zero-order valence-corrected chi connectivity index (χ0v) is 8.46. The number of ether oxygens (including phenoxy) is 1. The lowest BCUT2D eigenvalue weighted by atomic mass is 9.75. The second-order valence-corrected chi connectivity index (χ2v) is 4.14. The van der Waals surface area contributed by atoms with Gasteiger partial charge in [-0.25, -0.2) is 0 Å². The Labute approximate surface area is 83.6 Å². The highest BCUT2D eigenvalue weighted by atomic mass is 16.5. The number of terminal acetylenes is 1. The van der Waals surface area contributed by atoms with Crippen molar-refractivity contribution in [1.82, 2.24) is 5.32 Å². The molecule has 2 N–H and O–H groups in total. The van der Waals surface area contributed by atoms with Crippen LogP contribution in [0, 0.1) is 17.8 Å². The molecule has 1 aliphatic rings. The Bertz CT molecular complexity index is 280. The van der Waals surface area contributed by atoms with Crippen LogP contribution in [0.15, 0.2) is 0 Å². The van der Waals surface area contributed by atoms with Gasteiger partial charge in [0.15, 0.2) is 0 Å². The smallest absolute Gasteiger partial charge is 0.327 e. The quantitative estimate of drug-likeness (QED) is 0.629. The highest BCUT2D eigenvalue weighted by Gasteiger charge is 2.55. The summed E-state index contributed by atoms with van der Waals surface area (Å²) in [4.78, 5) is 11.2. The highest BCUT2D eigenvalue weighted by Crippen LogP contribution is 2.37. The van der Waals surface area contributed by atoms with E-state index in [1.165, 1.54) is 0 Å². The van der Waals surface area contributed by atoms with Gasteiger partial charge in [-0.2, -0.15) is 0 Å². The predicted molar refractivity (Wildman–Crippen MR) is 51.8 cm³/mol. The maximum absolute atomic E-state index is 11.2. The van der Waals surface area contributed by atoms with Crippen LogP contribution in [0.25, 0.3) is 0 Å². The second-order valence-electron chi connectivity index (χ2n) is 4.14. The van der Waals surface area contributed by atoms with Crippen LogP contribution in [-0.2, 0) is 9.53 Å². The Kier molecular flexibility index (Phi) is 2.84. The van der Waals surface area contributed by atoms with Crippen LogP contribution in [0.3, 0.4) is 0 Å². The SMILES string of the molecule is C#CCNC1(C(=O)O)COCC1(C)C. The number of carboxylic acids is 1. The average molecular weight is 197 g/mol. The third-order valence-electron chi connectivity index (χ3n) is 2.79. The van der Waals surface area contributed by atoms with Crippen molar-refractivity contribution in [3.63, 3.8) is 0 Å². The van der Waals surface area contributed by atoms with E-state index in [9.17, 15) is 9.90 Å². The molecule has 4 nitrogen and oxygen atoms in total. The Morgan fingerprint density at radius 1 is 1.64 bits per heavy atom. The van der Waals surface area contributed by atoms with Crippen molar-refractivity contribution in [1.29, 1.82) is 0 Å². The van der Waals surface area contributed by atoms with Gasteiger partial charge < -0.3 is 9.84 Å². The predicted octanol–water partition coefficient (Wildman–Crippen LogP) is 0.0890. The van der Waals surface area contributed by atoms with Crippen LogP contribution in [0.2, 0.25) is 0 Å². The molecule has 0 aromatic rings. The lowest BCUT2D eigenvalue weighted by Gasteiger charge is -2.35. The van der Waals surface area contributed by atoms with Crippen LogP contribution in [0.1, 0.15) is 13.8 Å². The number of carboxylic acid groups (broad SMARTS) is 1. The fraction of sp³-hybridized carbons (Fsp3) is 0.700. The van der Waals surface area contributed by atoms with Crippen LogP contribution >= 0.6 is 0 Å². The lowest BCUT2D eigenvalue weighted by molar-refractivity contribution is -0.148. The summed E-state index contributed by atoms with van der Waals surface area (Å²) in [7, 11) is 0.